The maximum atomic E-state index is 11.2. The van der Waals surface area contributed by atoms with Crippen molar-refractivity contribution < 1.29 is 17.9 Å². The molecule has 0 radical (unpaired) electrons. The lowest BCUT2D eigenvalue weighted by Crippen LogP contribution is -2.34. The summed E-state index contributed by atoms with van der Waals surface area (Å²) in [7, 11) is -3.40. The number of primary sulfonamides is 1. The largest absolute Gasteiger partial charge is 0.444 e. The molecule has 0 heterocycles. The third-order valence-corrected chi connectivity index (χ3v) is 2.54. The Hall–Kier alpha value is -0.860. The van der Waals surface area contributed by atoms with Gasteiger partial charge in [-0.3, -0.25) is 0 Å². The van der Waals surface area contributed by atoms with Gasteiger partial charge < -0.3 is 15.4 Å². The second-order valence-electron chi connectivity index (χ2n) is 4.90. The van der Waals surface area contributed by atoms with Gasteiger partial charge in [0.2, 0.25) is 10.0 Å². The summed E-state index contributed by atoms with van der Waals surface area (Å²) in [6.45, 7) is 6.76. The van der Waals surface area contributed by atoms with Gasteiger partial charge in [0.15, 0.2) is 0 Å². The molecule has 0 rings (SSSR count). The molecule has 108 valence electrons. The van der Waals surface area contributed by atoms with Gasteiger partial charge in [0, 0.05) is 13.1 Å². The van der Waals surface area contributed by atoms with E-state index >= 15 is 0 Å². The van der Waals surface area contributed by atoms with Crippen molar-refractivity contribution in [2.24, 2.45) is 5.14 Å². The minimum absolute atomic E-state index is 0.0908. The second-order valence-corrected chi connectivity index (χ2v) is 6.63. The van der Waals surface area contributed by atoms with Crippen LogP contribution in [0.1, 0.15) is 27.2 Å². The molecule has 18 heavy (non-hydrogen) atoms. The van der Waals surface area contributed by atoms with Crippen molar-refractivity contribution in [1.29, 1.82) is 0 Å². The maximum absolute atomic E-state index is 11.2. The highest BCUT2D eigenvalue weighted by molar-refractivity contribution is 7.89. The molecule has 0 saturated heterocycles. The first-order valence-corrected chi connectivity index (χ1v) is 7.50. The number of sulfonamides is 1. The Bertz CT molecular complexity index is 349. The average molecular weight is 281 g/mol. The normalized spacial score (nSPS) is 12.2. The van der Waals surface area contributed by atoms with Gasteiger partial charge in [0.05, 0.1) is 5.75 Å². The summed E-state index contributed by atoms with van der Waals surface area (Å²) in [4.78, 5) is 11.2. The Kier molecular flexibility index (Phi) is 7.19. The van der Waals surface area contributed by atoms with Gasteiger partial charge >= 0.3 is 6.09 Å². The average Bonchev–Trinajstić information content (AvgIpc) is 2.11. The van der Waals surface area contributed by atoms with Gasteiger partial charge in [0.25, 0.3) is 0 Å². The predicted molar refractivity (Wildman–Crippen MR) is 69.7 cm³/mol. The summed E-state index contributed by atoms with van der Waals surface area (Å²) in [6, 6.07) is 0. The monoisotopic (exact) mass is 281 g/mol. The van der Waals surface area contributed by atoms with E-state index in [4.69, 9.17) is 9.88 Å². The molecule has 0 fully saturated rings. The standard InChI is InChI=1S/C10H23N3O4S/c1-10(2,3)17-9(14)13-6-4-5-12-7-8-18(11,15)16/h12H,4-8H2,1-3H3,(H,13,14)(H2,11,15,16). The Labute approximate surface area is 108 Å². The number of amides is 1. The minimum Gasteiger partial charge on any atom is -0.444 e. The van der Waals surface area contributed by atoms with Crippen LogP contribution in [0.25, 0.3) is 0 Å². The van der Waals surface area contributed by atoms with Crippen LogP contribution in [0.4, 0.5) is 4.79 Å². The first-order chi connectivity index (χ1) is 8.10. The van der Waals surface area contributed by atoms with Crippen LogP contribution in [0.15, 0.2) is 0 Å². The minimum atomic E-state index is -3.40. The molecule has 0 spiro atoms. The van der Waals surface area contributed by atoms with Crippen molar-refractivity contribution >= 4 is 16.1 Å². The van der Waals surface area contributed by atoms with Gasteiger partial charge in [-0.05, 0) is 33.7 Å². The van der Waals surface area contributed by atoms with Crippen LogP contribution in [-0.2, 0) is 14.8 Å². The number of alkyl carbamates (subject to hydrolysis) is 1. The Morgan fingerprint density at radius 2 is 1.83 bits per heavy atom. The van der Waals surface area contributed by atoms with Crippen LogP contribution in [0.5, 0.6) is 0 Å². The van der Waals surface area contributed by atoms with E-state index in [1.807, 2.05) is 0 Å². The zero-order valence-corrected chi connectivity index (χ0v) is 12.0. The fourth-order valence-electron chi connectivity index (χ4n) is 1.06. The molecule has 4 N–H and O–H groups in total. The summed E-state index contributed by atoms with van der Waals surface area (Å²) in [6.07, 6.45) is 0.233. The van der Waals surface area contributed by atoms with Crippen LogP contribution in [0, 0.1) is 0 Å². The van der Waals surface area contributed by atoms with Crippen molar-refractivity contribution in [2.45, 2.75) is 32.8 Å². The van der Waals surface area contributed by atoms with E-state index in [0.29, 0.717) is 26.1 Å². The number of carbonyl (C=O) groups excluding carboxylic acids is 1. The van der Waals surface area contributed by atoms with E-state index in [1.54, 1.807) is 20.8 Å². The van der Waals surface area contributed by atoms with E-state index < -0.39 is 21.7 Å². The number of ether oxygens (including phenoxy) is 1. The number of hydrogen-bond acceptors (Lipinski definition) is 5. The molecule has 0 saturated carbocycles. The molecule has 0 aromatic carbocycles. The van der Waals surface area contributed by atoms with Crippen molar-refractivity contribution in [3.63, 3.8) is 0 Å². The van der Waals surface area contributed by atoms with E-state index in [9.17, 15) is 13.2 Å². The van der Waals surface area contributed by atoms with E-state index in [2.05, 4.69) is 10.6 Å². The fraction of sp³-hybridized carbons (Fsp3) is 0.900. The van der Waals surface area contributed by atoms with E-state index in [1.165, 1.54) is 0 Å². The lowest BCUT2D eigenvalue weighted by atomic mass is 10.2. The van der Waals surface area contributed by atoms with Crippen LogP contribution in [0.2, 0.25) is 0 Å². The molecule has 0 aromatic heterocycles. The summed E-state index contributed by atoms with van der Waals surface area (Å²) in [5, 5.41) is 10.3. The molecular weight excluding hydrogens is 258 g/mol. The summed E-state index contributed by atoms with van der Waals surface area (Å²) in [5.41, 5.74) is -0.502. The van der Waals surface area contributed by atoms with Crippen LogP contribution < -0.4 is 15.8 Å². The fourth-order valence-corrected chi connectivity index (χ4v) is 1.49. The number of rotatable bonds is 7. The highest BCUT2D eigenvalue weighted by Crippen LogP contribution is 2.06. The topological polar surface area (TPSA) is 111 Å². The van der Waals surface area contributed by atoms with E-state index in [-0.39, 0.29) is 5.75 Å². The van der Waals surface area contributed by atoms with Gasteiger partial charge in [-0.25, -0.2) is 18.4 Å². The Balaban J connectivity index is 3.44. The van der Waals surface area contributed by atoms with Crippen LogP contribution in [-0.4, -0.2) is 45.5 Å². The van der Waals surface area contributed by atoms with Gasteiger partial charge in [-0.15, -0.1) is 0 Å². The molecule has 0 atom stereocenters. The highest BCUT2D eigenvalue weighted by atomic mass is 32.2. The first kappa shape index (κ1) is 17.1. The van der Waals surface area contributed by atoms with Crippen LogP contribution in [0.3, 0.4) is 0 Å². The summed E-state index contributed by atoms with van der Waals surface area (Å²) >= 11 is 0. The van der Waals surface area contributed by atoms with Gasteiger partial charge in [-0.2, -0.15) is 0 Å². The van der Waals surface area contributed by atoms with Crippen molar-refractivity contribution in [2.75, 3.05) is 25.4 Å². The molecule has 0 unspecified atom stereocenters. The van der Waals surface area contributed by atoms with Crippen molar-refractivity contribution in [1.82, 2.24) is 10.6 Å². The van der Waals surface area contributed by atoms with Crippen molar-refractivity contribution in [3.05, 3.63) is 0 Å². The predicted octanol–water partition coefficient (Wildman–Crippen LogP) is -0.221. The SMILES string of the molecule is CC(C)(C)OC(=O)NCCCNCCS(N)(=O)=O. The van der Waals surface area contributed by atoms with Gasteiger partial charge in [0.1, 0.15) is 5.60 Å². The molecule has 7 nitrogen and oxygen atoms in total. The number of nitrogens with one attached hydrogen (secondary N) is 2. The van der Waals surface area contributed by atoms with Crippen molar-refractivity contribution in [3.8, 4) is 0 Å². The number of carbonyl (C=O) groups is 1. The molecular formula is C10H23N3O4S. The molecule has 0 bridgehead atoms. The molecule has 0 aliphatic heterocycles. The molecule has 0 aliphatic rings. The zero-order valence-electron chi connectivity index (χ0n) is 11.2. The smallest absolute Gasteiger partial charge is 0.407 e. The molecule has 8 heteroatoms. The third kappa shape index (κ3) is 13.2. The van der Waals surface area contributed by atoms with E-state index in [0.717, 1.165) is 0 Å². The maximum Gasteiger partial charge on any atom is 0.407 e. The molecule has 0 aliphatic carbocycles. The first-order valence-electron chi connectivity index (χ1n) is 5.78. The molecule has 1 amide bonds. The second kappa shape index (κ2) is 7.55. The zero-order chi connectivity index (χ0) is 14.2. The Morgan fingerprint density at radius 3 is 2.33 bits per heavy atom. The summed E-state index contributed by atoms with van der Waals surface area (Å²) < 4.78 is 26.3. The highest BCUT2D eigenvalue weighted by Gasteiger charge is 2.15. The lowest BCUT2D eigenvalue weighted by molar-refractivity contribution is 0.0527. The number of hydrogen-bond donors (Lipinski definition) is 3. The molecule has 0 aromatic rings. The lowest BCUT2D eigenvalue weighted by Gasteiger charge is -2.19. The van der Waals surface area contributed by atoms with Crippen LogP contribution >= 0.6 is 0 Å². The Morgan fingerprint density at radius 1 is 1.22 bits per heavy atom. The number of nitrogens with two attached hydrogens (primary N) is 1. The third-order valence-electron chi connectivity index (χ3n) is 1.76. The quantitative estimate of drug-likeness (QED) is 0.559. The van der Waals surface area contributed by atoms with Gasteiger partial charge in [-0.1, -0.05) is 0 Å². The summed E-state index contributed by atoms with van der Waals surface area (Å²) in [5.74, 6) is -0.0908.